The van der Waals surface area contributed by atoms with E-state index in [2.05, 4.69) is 15.5 Å². The van der Waals surface area contributed by atoms with Gasteiger partial charge in [0.2, 0.25) is 5.88 Å². The van der Waals surface area contributed by atoms with Crippen molar-refractivity contribution in [1.29, 1.82) is 0 Å². The largest absolute Gasteiger partial charge is 0.463 e. The second kappa shape index (κ2) is 5.86. The lowest BCUT2D eigenvalue weighted by molar-refractivity contribution is 0.103. The Kier molecular flexibility index (Phi) is 3.55. The smallest absolute Gasteiger partial charge is 0.265 e. The van der Waals surface area contributed by atoms with Gasteiger partial charge in [-0.3, -0.25) is 9.89 Å². The highest BCUT2D eigenvalue weighted by molar-refractivity contribution is 7.20. The zero-order valence-electron chi connectivity index (χ0n) is 12.7. The Bertz CT molecular complexity index is 969. The molecule has 2 N–H and O–H groups in total. The molecular formula is C17H13N3O3S. The van der Waals surface area contributed by atoms with Crippen LogP contribution in [0.2, 0.25) is 0 Å². The minimum absolute atomic E-state index is 0.164. The molecule has 24 heavy (non-hydrogen) atoms. The van der Waals surface area contributed by atoms with E-state index in [1.165, 1.54) is 11.3 Å². The van der Waals surface area contributed by atoms with Crippen molar-refractivity contribution in [3.8, 4) is 11.6 Å². The van der Waals surface area contributed by atoms with Crippen LogP contribution in [-0.2, 0) is 0 Å². The number of thiophene rings is 1. The molecule has 0 aliphatic carbocycles. The Labute approximate surface area is 141 Å². The number of ether oxygens (including phenoxy) is 1. The summed E-state index contributed by atoms with van der Waals surface area (Å²) in [6.45, 7) is 1.90. The lowest BCUT2D eigenvalue weighted by atomic mass is 10.3. The van der Waals surface area contributed by atoms with Crippen molar-refractivity contribution < 1.29 is 13.9 Å². The van der Waals surface area contributed by atoms with E-state index in [-0.39, 0.29) is 5.91 Å². The number of carbonyl (C=O) groups is 1. The van der Waals surface area contributed by atoms with Gasteiger partial charge in [0, 0.05) is 23.5 Å². The van der Waals surface area contributed by atoms with Crippen LogP contribution in [0, 0.1) is 6.92 Å². The molecule has 1 aromatic carbocycles. The van der Waals surface area contributed by atoms with Crippen LogP contribution in [0.1, 0.15) is 15.4 Å². The predicted molar refractivity (Wildman–Crippen MR) is 91.9 cm³/mol. The van der Waals surface area contributed by atoms with Gasteiger partial charge in [-0.2, -0.15) is 0 Å². The van der Waals surface area contributed by atoms with Crippen LogP contribution in [0.4, 0.5) is 5.69 Å². The lowest BCUT2D eigenvalue weighted by Crippen LogP contribution is -2.09. The molecule has 0 atom stereocenters. The Morgan fingerprint density at radius 2 is 2.08 bits per heavy atom. The molecule has 0 bridgehead atoms. The number of furan rings is 1. The first kappa shape index (κ1) is 14.5. The number of nitrogens with zero attached hydrogens (tertiary/aromatic N) is 1. The minimum Gasteiger partial charge on any atom is -0.463 e. The molecule has 0 fully saturated rings. The lowest BCUT2D eigenvalue weighted by Gasteiger charge is -2.05. The van der Waals surface area contributed by atoms with Gasteiger partial charge in [0.05, 0.1) is 15.8 Å². The molecule has 0 spiro atoms. The molecule has 4 rings (SSSR count). The average Bonchev–Trinajstić information content (AvgIpc) is 3.25. The standard InChI is InChI=1S/C17H13N3O3S/c1-10-8-16(20-19-10)23-12-4-2-11(3-5-12)18-17(21)15-9-13-14(24-15)6-7-22-13/h2-9H,1H3,(H,18,21)(H,19,20). The summed E-state index contributed by atoms with van der Waals surface area (Å²) in [5.74, 6) is 0.988. The number of rotatable bonds is 4. The Morgan fingerprint density at radius 3 is 2.79 bits per heavy atom. The van der Waals surface area contributed by atoms with Crippen LogP contribution in [0.15, 0.2) is 53.1 Å². The maximum Gasteiger partial charge on any atom is 0.265 e. The molecule has 0 aliphatic heterocycles. The summed E-state index contributed by atoms with van der Waals surface area (Å²) in [6.07, 6.45) is 1.61. The Morgan fingerprint density at radius 1 is 1.25 bits per heavy atom. The number of aromatic nitrogens is 2. The van der Waals surface area contributed by atoms with Gasteiger partial charge in [0.1, 0.15) is 11.3 Å². The van der Waals surface area contributed by atoms with Crippen molar-refractivity contribution in [2.45, 2.75) is 6.92 Å². The molecule has 3 aromatic heterocycles. The maximum atomic E-state index is 12.3. The maximum absolute atomic E-state index is 12.3. The number of fused-ring (bicyclic) bond motifs is 1. The number of aryl methyl sites for hydroxylation is 1. The molecule has 4 aromatic rings. The molecule has 3 heterocycles. The van der Waals surface area contributed by atoms with E-state index in [0.29, 0.717) is 22.2 Å². The van der Waals surface area contributed by atoms with E-state index in [1.54, 1.807) is 36.6 Å². The normalized spacial score (nSPS) is 10.9. The molecular weight excluding hydrogens is 326 g/mol. The summed E-state index contributed by atoms with van der Waals surface area (Å²) >= 11 is 1.40. The molecule has 120 valence electrons. The van der Waals surface area contributed by atoms with Gasteiger partial charge in [0.25, 0.3) is 5.91 Å². The van der Waals surface area contributed by atoms with E-state index in [4.69, 9.17) is 9.15 Å². The van der Waals surface area contributed by atoms with Crippen molar-refractivity contribution in [3.05, 3.63) is 59.3 Å². The van der Waals surface area contributed by atoms with Gasteiger partial charge in [0.15, 0.2) is 0 Å². The first-order chi connectivity index (χ1) is 11.7. The van der Waals surface area contributed by atoms with E-state index in [1.807, 2.05) is 19.1 Å². The van der Waals surface area contributed by atoms with Crippen molar-refractivity contribution in [2.24, 2.45) is 0 Å². The van der Waals surface area contributed by atoms with Crippen LogP contribution < -0.4 is 10.1 Å². The zero-order valence-corrected chi connectivity index (χ0v) is 13.5. The quantitative estimate of drug-likeness (QED) is 0.571. The molecule has 0 saturated heterocycles. The van der Waals surface area contributed by atoms with Crippen molar-refractivity contribution in [2.75, 3.05) is 5.32 Å². The summed E-state index contributed by atoms with van der Waals surface area (Å²) in [4.78, 5) is 12.9. The van der Waals surface area contributed by atoms with E-state index in [9.17, 15) is 4.79 Å². The topological polar surface area (TPSA) is 80.2 Å². The van der Waals surface area contributed by atoms with Crippen LogP contribution >= 0.6 is 11.3 Å². The van der Waals surface area contributed by atoms with E-state index in [0.717, 1.165) is 16.0 Å². The van der Waals surface area contributed by atoms with Crippen LogP contribution in [0.25, 0.3) is 10.3 Å². The van der Waals surface area contributed by atoms with Gasteiger partial charge in [-0.15, -0.1) is 16.4 Å². The van der Waals surface area contributed by atoms with Gasteiger partial charge < -0.3 is 14.5 Å². The average molecular weight is 339 g/mol. The van der Waals surface area contributed by atoms with Crippen LogP contribution in [0.3, 0.4) is 0 Å². The number of aromatic amines is 1. The number of hydrogen-bond donors (Lipinski definition) is 2. The fourth-order valence-corrected chi connectivity index (χ4v) is 3.12. The summed E-state index contributed by atoms with van der Waals surface area (Å²) in [5.41, 5.74) is 2.34. The Balaban J connectivity index is 1.44. The monoisotopic (exact) mass is 339 g/mol. The molecule has 6 nitrogen and oxygen atoms in total. The number of benzene rings is 1. The highest BCUT2D eigenvalue weighted by Crippen LogP contribution is 2.27. The number of H-pyrrole nitrogens is 1. The minimum atomic E-state index is -0.164. The SMILES string of the molecule is Cc1cc(Oc2ccc(NC(=O)c3cc4occc4s3)cc2)n[nH]1. The highest BCUT2D eigenvalue weighted by atomic mass is 32.1. The molecule has 0 aliphatic rings. The van der Waals surface area contributed by atoms with E-state index >= 15 is 0 Å². The zero-order chi connectivity index (χ0) is 16.5. The number of anilines is 1. The molecule has 1 amide bonds. The summed E-state index contributed by atoms with van der Waals surface area (Å²) in [6, 6.07) is 12.5. The second-order valence-corrected chi connectivity index (χ2v) is 6.31. The predicted octanol–water partition coefficient (Wildman–Crippen LogP) is 4.57. The molecule has 7 heteroatoms. The second-order valence-electron chi connectivity index (χ2n) is 5.23. The van der Waals surface area contributed by atoms with Crippen LogP contribution in [0.5, 0.6) is 11.6 Å². The summed E-state index contributed by atoms with van der Waals surface area (Å²) in [7, 11) is 0. The highest BCUT2D eigenvalue weighted by Gasteiger charge is 2.12. The first-order valence-electron chi connectivity index (χ1n) is 7.26. The summed E-state index contributed by atoms with van der Waals surface area (Å²) < 4.78 is 11.8. The number of nitrogens with one attached hydrogen (secondary N) is 2. The van der Waals surface area contributed by atoms with Crippen molar-refractivity contribution >= 4 is 33.2 Å². The number of amides is 1. The first-order valence-corrected chi connectivity index (χ1v) is 8.07. The van der Waals surface area contributed by atoms with E-state index < -0.39 is 0 Å². The Hall–Kier alpha value is -3.06. The fraction of sp³-hybridized carbons (Fsp3) is 0.0588. The number of hydrogen-bond acceptors (Lipinski definition) is 5. The molecule has 0 radical (unpaired) electrons. The van der Waals surface area contributed by atoms with Gasteiger partial charge >= 0.3 is 0 Å². The van der Waals surface area contributed by atoms with Gasteiger partial charge in [-0.25, -0.2) is 0 Å². The molecule has 0 unspecified atom stereocenters. The number of carbonyl (C=O) groups excluding carboxylic acids is 1. The third-order valence-electron chi connectivity index (χ3n) is 3.38. The summed E-state index contributed by atoms with van der Waals surface area (Å²) in [5, 5.41) is 9.68. The van der Waals surface area contributed by atoms with Gasteiger partial charge in [-0.05, 0) is 37.3 Å². The third-order valence-corrected chi connectivity index (χ3v) is 4.46. The van der Waals surface area contributed by atoms with Crippen LogP contribution in [-0.4, -0.2) is 16.1 Å². The van der Waals surface area contributed by atoms with Crippen molar-refractivity contribution in [1.82, 2.24) is 10.2 Å². The third kappa shape index (κ3) is 2.89. The van der Waals surface area contributed by atoms with Gasteiger partial charge in [-0.1, -0.05) is 0 Å². The molecule has 0 saturated carbocycles. The van der Waals surface area contributed by atoms with Crippen molar-refractivity contribution in [3.63, 3.8) is 0 Å². The fourth-order valence-electron chi connectivity index (χ4n) is 2.24.